The third-order valence-electron chi connectivity index (χ3n) is 4.72. The molecule has 0 unspecified atom stereocenters. The fraction of sp³-hybridized carbons (Fsp3) is 0.474. The molecule has 7 nitrogen and oxygen atoms in total. The Bertz CT molecular complexity index is 817. The lowest BCUT2D eigenvalue weighted by Gasteiger charge is -2.38. The maximum Gasteiger partial charge on any atom is 0.259 e. The van der Waals surface area contributed by atoms with Gasteiger partial charge in [0.05, 0.1) is 27.1 Å². The largest absolute Gasteiger partial charge is 0.497 e. The van der Waals surface area contributed by atoms with Crippen LogP contribution in [0.15, 0.2) is 29.1 Å². The minimum Gasteiger partial charge on any atom is -0.497 e. The summed E-state index contributed by atoms with van der Waals surface area (Å²) in [5.41, 5.74) is 2.58. The average molecular weight is 358 g/mol. The number of rotatable bonds is 6. The third kappa shape index (κ3) is 3.45. The average Bonchev–Trinajstić information content (AvgIpc) is 2.66. The lowest BCUT2D eigenvalue weighted by atomic mass is 10.2. The molecule has 1 aliphatic rings. The van der Waals surface area contributed by atoms with Gasteiger partial charge in [-0.1, -0.05) is 6.92 Å². The standard InChI is InChI=1S/C19H26N4O3/c1-5-17-14(2)20-19-22(15-6-8-16(26-4)9-7-15)12-21(10-11-25-3)13-23(19)18(17)24/h6-9H,5,10-13H2,1-4H3. The molecule has 1 aliphatic heterocycles. The molecule has 0 saturated carbocycles. The van der Waals surface area contributed by atoms with E-state index in [9.17, 15) is 4.79 Å². The minimum atomic E-state index is 0.0376. The van der Waals surface area contributed by atoms with Crippen molar-refractivity contribution < 1.29 is 9.47 Å². The van der Waals surface area contributed by atoms with E-state index in [0.717, 1.165) is 29.2 Å². The van der Waals surface area contributed by atoms with Crippen molar-refractivity contribution in [3.05, 3.63) is 45.9 Å². The first kappa shape index (κ1) is 18.4. The van der Waals surface area contributed by atoms with Crippen LogP contribution in [0.3, 0.4) is 0 Å². The lowest BCUT2D eigenvalue weighted by Crippen LogP contribution is -2.48. The van der Waals surface area contributed by atoms with E-state index in [1.54, 1.807) is 18.8 Å². The Hall–Kier alpha value is -2.38. The Balaban J connectivity index is 2.07. The van der Waals surface area contributed by atoms with Gasteiger partial charge < -0.3 is 9.47 Å². The van der Waals surface area contributed by atoms with Crippen molar-refractivity contribution >= 4 is 11.6 Å². The number of aryl methyl sites for hydroxylation is 1. The van der Waals surface area contributed by atoms with Crippen molar-refractivity contribution in [1.82, 2.24) is 14.5 Å². The van der Waals surface area contributed by atoms with Crippen LogP contribution in [0.25, 0.3) is 0 Å². The van der Waals surface area contributed by atoms with Gasteiger partial charge >= 0.3 is 0 Å². The van der Waals surface area contributed by atoms with Crippen LogP contribution < -0.4 is 15.2 Å². The number of nitrogens with zero attached hydrogens (tertiary/aromatic N) is 4. The first-order valence-electron chi connectivity index (χ1n) is 8.82. The Morgan fingerprint density at radius 1 is 1.15 bits per heavy atom. The molecule has 0 aliphatic carbocycles. The van der Waals surface area contributed by atoms with E-state index >= 15 is 0 Å². The molecule has 140 valence electrons. The monoisotopic (exact) mass is 358 g/mol. The van der Waals surface area contributed by atoms with Crippen LogP contribution in [-0.2, 0) is 17.8 Å². The first-order valence-corrected chi connectivity index (χ1v) is 8.82. The van der Waals surface area contributed by atoms with Crippen LogP contribution in [0.5, 0.6) is 5.75 Å². The van der Waals surface area contributed by atoms with Crippen LogP contribution in [-0.4, -0.2) is 48.5 Å². The Kier molecular flexibility index (Phi) is 5.58. The zero-order valence-corrected chi connectivity index (χ0v) is 15.9. The summed E-state index contributed by atoms with van der Waals surface area (Å²) in [6, 6.07) is 7.80. The summed E-state index contributed by atoms with van der Waals surface area (Å²) >= 11 is 0. The fourth-order valence-corrected chi connectivity index (χ4v) is 3.26. The van der Waals surface area contributed by atoms with Crippen LogP contribution in [0, 0.1) is 6.92 Å². The molecule has 1 aromatic carbocycles. The van der Waals surface area contributed by atoms with E-state index in [4.69, 9.17) is 14.5 Å². The molecule has 0 radical (unpaired) electrons. The topological polar surface area (TPSA) is 59.8 Å². The van der Waals surface area contributed by atoms with E-state index in [0.29, 0.717) is 32.3 Å². The maximum atomic E-state index is 13.0. The van der Waals surface area contributed by atoms with Gasteiger partial charge in [-0.25, -0.2) is 4.98 Å². The van der Waals surface area contributed by atoms with Crippen molar-refractivity contribution in [3.8, 4) is 5.75 Å². The summed E-state index contributed by atoms with van der Waals surface area (Å²) < 4.78 is 12.2. The van der Waals surface area contributed by atoms with Crippen LogP contribution >= 0.6 is 0 Å². The lowest BCUT2D eigenvalue weighted by molar-refractivity contribution is 0.121. The van der Waals surface area contributed by atoms with Gasteiger partial charge in [-0.2, -0.15) is 0 Å². The van der Waals surface area contributed by atoms with Crippen molar-refractivity contribution in [1.29, 1.82) is 0 Å². The van der Waals surface area contributed by atoms with E-state index < -0.39 is 0 Å². The predicted octanol–water partition coefficient (Wildman–Crippen LogP) is 2.14. The van der Waals surface area contributed by atoms with Gasteiger partial charge in [-0.15, -0.1) is 0 Å². The van der Waals surface area contributed by atoms with Crippen LogP contribution in [0.4, 0.5) is 11.6 Å². The summed E-state index contributed by atoms with van der Waals surface area (Å²) in [6.07, 6.45) is 0.679. The van der Waals surface area contributed by atoms with Crippen molar-refractivity contribution in [2.75, 3.05) is 38.9 Å². The SMILES string of the molecule is CCc1c(C)nc2n(c1=O)CN(CCOC)CN2c1ccc(OC)cc1. The maximum absolute atomic E-state index is 13.0. The molecule has 2 heterocycles. The zero-order chi connectivity index (χ0) is 18.7. The number of methoxy groups -OCH3 is 2. The zero-order valence-electron chi connectivity index (χ0n) is 15.9. The van der Waals surface area contributed by atoms with Gasteiger partial charge in [0.25, 0.3) is 5.56 Å². The van der Waals surface area contributed by atoms with Gasteiger partial charge in [0.2, 0.25) is 5.95 Å². The van der Waals surface area contributed by atoms with Crippen LogP contribution in [0.1, 0.15) is 18.2 Å². The van der Waals surface area contributed by atoms with Gasteiger partial charge in [0, 0.05) is 30.6 Å². The smallest absolute Gasteiger partial charge is 0.259 e. The molecule has 0 amide bonds. The molecule has 0 atom stereocenters. The Morgan fingerprint density at radius 2 is 1.88 bits per heavy atom. The summed E-state index contributed by atoms with van der Waals surface area (Å²) in [5, 5.41) is 0. The summed E-state index contributed by atoms with van der Waals surface area (Å²) in [7, 11) is 3.33. The second-order valence-electron chi connectivity index (χ2n) is 6.36. The first-order chi connectivity index (χ1) is 12.6. The number of ether oxygens (including phenoxy) is 2. The van der Waals surface area contributed by atoms with E-state index in [1.165, 1.54) is 0 Å². The highest BCUT2D eigenvalue weighted by atomic mass is 16.5. The third-order valence-corrected chi connectivity index (χ3v) is 4.72. The summed E-state index contributed by atoms with van der Waals surface area (Å²) in [5.74, 6) is 1.48. The van der Waals surface area contributed by atoms with E-state index in [-0.39, 0.29) is 5.56 Å². The number of hydrogen-bond donors (Lipinski definition) is 0. The number of fused-ring (bicyclic) bond motifs is 1. The predicted molar refractivity (Wildman–Crippen MR) is 101 cm³/mol. The molecule has 0 spiro atoms. The van der Waals surface area contributed by atoms with Crippen molar-refractivity contribution in [2.24, 2.45) is 0 Å². The van der Waals surface area contributed by atoms with Crippen LogP contribution in [0.2, 0.25) is 0 Å². The number of hydrogen-bond acceptors (Lipinski definition) is 6. The molecule has 1 aromatic heterocycles. The van der Waals surface area contributed by atoms with E-state index in [2.05, 4.69) is 9.80 Å². The summed E-state index contributed by atoms with van der Waals surface area (Å²) in [6.45, 7) is 6.41. The summed E-state index contributed by atoms with van der Waals surface area (Å²) in [4.78, 5) is 22.0. The highest BCUT2D eigenvalue weighted by Gasteiger charge is 2.27. The molecule has 26 heavy (non-hydrogen) atoms. The molecule has 2 aromatic rings. The highest BCUT2D eigenvalue weighted by Crippen LogP contribution is 2.29. The molecule has 7 heteroatoms. The molecular weight excluding hydrogens is 332 g/mol. The number of anilines is 2. The minimum absolute atomic E-state index is 0.0376. The quantitative estimate of drug-likeness (QED) is 0.788. The van der Waals surface area contributed by atoms with Gasteiger partial charge in [-0.05, 0) is 37.6 Å². The molecule has 0 bridgehead atoms. The van der Waals surface area contributed by atoms with Crippen molar-refractivity contribution in [2.45, 2.75) is 26.9 Å². The normalized spacial score (nSPS) is 14.4. The Labute approximate surface area is 153 Å². The van der Waals surface area contributed by atoms with Gasteiger partial charge in [0.15, 0.2) is 0 Å². The second kappa shape index (κ2) is 7.88. The van der Waals surface area contributed by atoms with Gasteiger partial charge in [-0.3, -0.25) is 19.2 Å². The number of benzene rings is 1. The highest BCUT2D eigenvalue weighted by molar-refractivity contribution is 5.59. The fourth-order valence-electron chi connectivity index (χ4n) is 3.26. The van der Waals surface area contributed by atoms with E-state index in [1.807, 2.05) is 38.1 Å². The Morgan fingerprint density at radius 3 is 2.50 bits per heavy atom. The van der Waals surface area contributed by atoms with Crippen molar-refractivity contribution in [3.63, 3.8) is 0 Å². The second-order valence-corrected chi connectivity index (χ2v) is 6.36. The number of aromatic nitrogens is 2. The molecular formula is C19H26N4O3. The molecule has 0 N–H and O–H groups in total. The molecule has 3 rings (SSSR count). The molecule has 0 fully saturated rings. The molecule has 0 saturated heterocycles. The van der Waals surface area contributed by atoms with Gasteiger partial charge in [0.1, 0.15) is 5.75 Å².